The average Bonchev–Trinajstić information content (AvgIpc) is 3.22. The van der Waals surface area contributed by atoms with Crippen LogP contribution in [-0.4, -0.2) is 30.9 Å². The Hall–Kier alpha value is -3.14. The number of nitrogens with zero attached hydrogens (tertiary/aromatic N) is 2. The molecule has 1 aliphatic rings. The van der Waals surface area contributed by atoms with E-state index in [1.807, 2.05) is 25.1 Å². The molecule has 0 bridgehead atoms. The molecule has 3 aromatic rings. The zero-order valence-electron chi connectivity index (χ0n) is 21.8. The fourth-order valence-corrected chi connectivity index (χ4v) is 6.07. The van der Waals surface area contributed by atoms with Crippen molar-refractivity contribution < 1.29 is 19.0 Å². The highest BCUT2D eigenvalue weighted by molar-refractivity contribution is 9.10. The lowest BCUT2D eigenvalue weighted by molar-refractivity contribution is -0.139. The van der Waals surface area contributed by atoms with E-state index in [1.165, 1.54) is 23.0 Å². The first-order valence-electron chi connectivity index (χ1n) is 12.4. The Bertz CT molecular complexity index is 1630. The van der Waals surface area contributed by atoms with E-state index in [2.05, 4.69) is 22.5 Å². The number of thiazole rings is 1. The smallest absolute Gasteiger partial charge is 0.338 e. The summed E-state index contributed by atoms with van der Waals surface area (Å²) in [5, 5.41) is 0.453. The number of hydrogen-bond acceptors (Lipinski definition) is 7. The molecule has 204 valence electrons. The van der Waals surface area contributed by atoms with Crippen molar-refractivity contribution in [1.82, 2.24) is 4.57 Å². The van der Waals surface area contributed by atoms with Gasteiger partial charge in [0.1, 0.15) is 24.1 Å². The number of esters is 1. The van der Waals surface area contributed by atoms with Gasteiger partial charge in [0.15, 0.2) is 4.80 Å². The zero-order valence-corrected chi connectivity index (χ0v) is 25.0. The van der Waals surface area contributed by atoms with Crippen molar-refractivity contribution in [3.05, 3.63) is 101 Å². The maximum Gasteiger partial charge on any atom is 0.338 e. The van der Waals surface area contributed by atoms with Crippen molar-refractivity contribution in [3.8, 4) is 11.5 Å². The van der Waals surface area contributed by atoms with Crippen LogP contribution in [0.3, 0.4) is 0 Å². The van der Waals surface area contributed by atoms with E-state index in [1.54, 1.807) is 37.3 Å². The topological polar surface area (TPSA) is 79.1 Å². The van der Waals surface area contributed by atoms with E-state index in [4.69, 9.17) is 30.8 Å². The highest BCUT2D eigenvalue weighted by atomic mass is 79.9. The van der Waals surface area contributed by atoms with Crippen LogP contribution in [-0.2, 0) is 9.53 Å². The van der Waals surface area contributed by atoms with Crippen molar-refractivity contribution in [2.24, 2.45) is 4.99 Å². The molecule has 0 aliphatic carbocycles. The number of aromatic nitrogens is 1. The fourth-order valence-electron chi connectivity index (χ4n) is 4.36. The largest absolute Gasteiger partial charge is 0.496 e. The second-order valence-corrected chi connectivity index (χ2v) is 10.9. The Morgan fingerprint density at radius 1 is 1.23 bits per heavy atom. The fraction of sp³-hybridized carbons (Fsp3) is 0.276. The minimum absolute atomic E-state index is 0.187. The van der Waals surface area contributed by atoms with Gasteiger partial charge in [-0.2, -0.15) is 0 Å². The molecule has 7 nitrogen and oxygen atoms in total. The monoisotopic (exact) mass is 630 g/mol. The first-order chi connectivity index (χ1) is 18.8. The number of hydrogen-bond donors (Lipinski definition) is 0. The van der Waals surface area contributed by atoms with Gasteiger partial charge in [0, 0.05) is 10.6 Å². The van der Waals surface area contributed by atoms with Crippen LogP contribution in [0.25, 0.3) is 6.08 Å². The van der Waals surface area contributed by atoms with Crippen molar-refractivity contribution in [3.63, 3.8) is 0 Å². The lowest BCUT2D eigenvalue weighted by Gasteiger charge is -2.27. The van der Waals surface area contributed by atoms with Crippen LogP contribution in [0, 0.1) is 0 Å². The van der Waals surface area contributed by atoms with E-state index in [-0.39, 0.29) is 12.2 Å². The molecule has 2 heterocycles. The minimum atomic E-state index is -0.820. The number of rotatable bonds is 10. The number of fused-ring (bicyclic) bond motifs is 1. The van der Waals surface area contributed by atoms with Gasteiger partial charge < -0.3 is 14.2 Å². The molecule has 1 aliphatic heterocycles. The van der Waals surface area contributed by atoms with E-state index in [9.17, 15) is 9.59 Å². The van der Waals surface area contributed by atoms with Crippen molar-refractivity contribution in [1.29, 1.82) is 0 Å². The lowest BCUT2D eigenvalue weighted by Crippen LogP contribution is -2.40. The van der Waals surface area contributed by atoms with Gasteiger partial charge in [-0.1, -0.05) is 55.0 Å². The molecule has 0 amide bonds. The van der Waals surface area contributed by atoms with Gasteiger partial charge in [-0.15, -0.1) is 0 Å². The van der Waals surface area contributed by atoms with E-state index < -0.39 is 12.0 Å². The predicted octanol–water partition coefficient (Wildman–Crippen LogP) is 5.57. The zero-order chi connectivity index (χ0) is 28.1. The van der Waals surface area contributed by atoms with Gasteiger partial charge >= 0.3 is 5.97 Å². The number of ether oxygens (including phenoxy) is 3. The Labute approximate surface area is 243 Å². The summed E-state index contributed by atoms with van der Waals surface area (Å²) in [6.45, 7) is 7.99. The third kappa shape index (κ3) is 6.05. The quantitative estimate of drug-likeness (QED) is 0.216. The summed E-state index contributed by atoms with van der Waals surface area (Å²) in [7, 11) is 1.54. The molecule has 10 heteroatoms. The molecule has 2 aromatic carbocycles. The second kappa shape index (κ2) is 12.8. The number of allylic oxidation sites excluding steroid dienone is 1. The van der Waals surface area contributed by atoms with E-state index >= 15 is 0 Å². The Balaban J connectivity index is 1.97. The van der Waals surface area contributed by atoms with Crippen LogP contribution >= 0.6 is 38.9 Å². The number of carbonyl (C=O) groups is 1. The summed E-state index contributed by atoms with van der Waals surface area (Å²) in [6.07, 6.45) is 4.76. The van der Waals surface area contributed by atoms with Gasteiger partial charge in [-0.25, -0.2) is 9.79 Å². The first-order valence-corrected chi connectivity index (χ1v) is 14.4. The Morgan fingerprint density at radius 3 is 2.67 bits per heavy atom. The number of methoxy groups -OCH3 is 1. The standard InChI is InChI=1S/C29H28BrClN2O5S/c1-5-8-21-25(28(35)37-7-3)26(19-16-18(31)10-12-22(19)36-4)33-27(34)24(39-29(33)32-21)15-17-9-11-23(20(30)14-17)38-13-6-2/h6,9-12,14-16,26H,2,5,7-8,13H2,1,3-4H3/b24-15+/t26-/m1/s1. The first kappa shape index (κ1) is 28.9. The maximum atomic E-state index is 14.0. The predicted molar refractivity (Wildman–Crippen MR) is 157 cm³/mol. The maximum absolute atomic E-state index is 14.0. The molecule has 0 saturated heterocycles. The van der Waals surface area contributed by atoms with Gasteiger partial charge in [-0.05, 0) is 71.2 Å². The summed E-state index contributed by atoms with van der Waals surface area (Å²) >= 11 is 11.2. The summed E-state index contributed by atoms with van der Waals surface area (Å²) in [6, 6.07) is 9.90. The van der Waals surface area contributed by atoms with Gasteiger partial charge in [0.05, 0.1) is 34.0 Å². The van der Waals surface area contributed by atoms with E-state index in [0.717, 1.165) is 16.5 Å². The Kier molecular flexibility index (Phi) is 9.48. The van der Waals surface area contributed by atoms with Crippen LogP contribution in [0.4, 0.5) is 0 Å². The molecular weight excluding hydrogens is 604 g/mol. The average molecular weight is 632 g/mol. The van der Waals surface area contributed by atoms with Crippen molar-refractivity contribution in [2.75, 3.05) is 20.3 Å². The molecule has 0 N–H and O–H groups in total. The summed E-state index contributed by atoms with van der Waals surface area (Å²) in [5.41, 5.74) is 1.99. The van der Waals surface area contributed by atoms with Crippen LogP contribution < -0.4 is 24.4 Å². The molecule has 0 unspecified atom stereocenters. The molecule has 1 atom stereocenters. The molecule has 0 radical (unpaired) electrons. The molecule has 4 rings (SSSR count). The highest BCUT2D eigenvalue weighted by Gasteiger charge is 2.36. The summed E-state index contributed by atoms with van der Waals surface area (Å²) in [4.78, 5) is 32.6. The molecule has 0 fully saturated rings. The number of benzene rings is 2. The van der Waals surface area contributed by atoms with Crippen molar-refractivity contribution >= 4 is 50.9 Å². The number of carbonyl (C=O) groups excluding carboxylic acids is 1. The van der Waals surface area contributed by atoms with E-state index in [0.29, 0.717) is 55.7 Å². The van der Waals surface area contributed by atoms with Crippen LogP contribution in [0.1, 0.15) is 43.9 Å². The van der Waals surface area contributed by atoms with Gasteiger partial charge in [-0.3, -0.25) is 9.36 Å². The minimum Gasteiger partial charge on any atom is -0.496 e. The third-order valence-electron chi connectivity index (χ3n) is 5.99. The normalized spacial score (nSPS) is 15.0. The van der Waals surface area contributed by atoms with Crippen LogP contribution in [0.15, 0.2) is 74.6 Å². The molecule has 0 saturated carbocycles. The van der Waals surface area contributed by atoms with Gasteiger partial charge in [0.25, 0.3) is 5.56 Å². The number of halogens is 2. The molecule has 0 spiro atoms. The molecule has 1 aromatic heterocycles. The lowest BCUT2D eigenvalue weighted by atomic mass is 9.93. The summed E-state index contributed by atoms with van der Waals surface area (Å²) < 4.78 is 19.5. The third-order valence-corrected chi connectivity index (χ3v) is 7.83. The SMILES string of the molecule is C=CCOc1ccc(/C=c2/sc3n(c2=O)[C@H](c2cc(Cl)ccc2OC)C(C(=O)OCC)=C(CCC)N=3)cc1Br. The van der Waals surface area contributed by atoms with Crippen LogP contribution in [0.5, 0.6) is 11.5 Å². The van der Waals surface area contributed by atoms with Crippen LogP contribution in [0.2, 0.25) is 5.02 Å². The highest BCUT2D eigenvalue weighted by Crippen LogP contribution is 2.38. The second-order valence-electron chi connectivity index (χ2n) is 8.59. The van der Waals surface area contributed by atoms with Gasteiger partial charge in [0.2, 0.25) is 0 Å². The molecule has 39 heavy (non-hydrogen) atoms. The Morgan fingerprint density at radius 2 is 2.00 bits per heavy atom. The summed E-state index contributed by atoms with van der Waals surface area (Å²) in [5.74, 6) is 0.646. The molecular formula is C29H28BrClN2O5S. The van der Waals surface area contributed by atoms with Crippen molar-refractivity contribution in [2.45, 2.75) is 32.7 Å².